The summed E-state index contributed by atoms with van der Waals surface area (Å²) in [5.74, 6) is -4.04. The number of imide groups is 1. The van der Waals surface area contributed by atoms with Crippen LogP contribution in [0.5, 0.6) is 0 Å². The van der Waals surface area contributed by atoms with Crippen LogP contribution in [0.3, 0.4) is 0 Å². The van der Waals surface area contributed by atoms with Gasteiger partial charge in [0, 0.05) is 18.3 Å². The number of esters is 1. The fourth-order valence-electron chi connectivity index (χ4n) is 5.97. The van der Waals surface area contributed by atoms with Gasteiger partial charge in [-0.2, -0.15) is 0 Å². The maximum atomic E-state index is 14.2. The van der Waals surface area contributed by atoms with Gasteiger partial charge in [-0.3, -0.25) is 4.79 Å². The number of benzene rings is 2. The zero-order valence-electron chi connectivity index (χ0n) is 24.4. The van der Waals surface area contributed by atoms with Gasteiger partial charge in [0.25, 0.3) is 0 Å². The third-order valence-corrected chi connectivity index (χ3v) is 8.41. The highest BCUT2D eigenvalue weighted by Gasteiger charge is 2.45. The summed E-state index contributed by atoms with van der Waals surface area (Å²) in [5.41, 5.74) is -0.103. The van der Waals surface area contributed by atoms with Crippen LogP contribution in [0.4, 0.5) is 18.4 Å². The molecule has 0 saturated carbocycles. The normalized spacial score (nSPS) is 19.4. The third kappa shape index (κ3) is 6.38. The fraction of sp³-hybridized carbons (Fsp3) is 0.419. The molecule has 1 fully saturated rings. The summed E-state index contributed by atoms with van der Waals surface area (Å²) < 4.78 is 33.0. The standard InChI is InChI=1S/C31H36F2N4O6/c1-4-24-25(27(38)39)26(20-10-11-22(32)23(33)18-20)37(30(42)35-24)29(41)34-15-12-19(2)36-16-13-31(14-17-36,28(40)43-3)21-8-6-5-7-9-21/h5-11,18-19,26H,4,12-17H2,1-3H3,(H,34,41)(H,35,42)(H,38,39)/t19-,26?/m1/s1. The molecule has 0 aromatic heterocycles. The van der Waals surface area contributed by atoms with Crippen molar-refractivity contribution in [3.05, 3.63) is 82.6 Å². The molecule has 0 aliphatic carbocycles. The summed E-state index contributed by atoms with van der Waals surface area (Å²) in [7, 11) is 1.39. The molecule has 4 rings (SSSR count). The number of methoxy groups -OCH3 is 1. The second-order valence-corrected chi connectivity index (χ2v) is 10.8. The molecule has 4 amide bonds. The van der Waals surface area contributed by atoms with Gasteiger partial charge in [0.2, 0.25) is 0 Å². The highest BCUT2D eigenvalue weighted by Crippen LogP contribution is 2.38. The molecule has 0 bridgehead atoms. The molecule has 2 aliphatic heterocycles. The van der Waals surface area contributed by atoms with Gasteiger partial charge in [0.05, 0.1) is 18.1 Å². The number of allylic oxidation sites excluding steroid dienone is 1. The van der Waals surface area contributed by atoms with Gasteiger partial charge in [0.15, 0.2) is 11.6 Å². The van der Waals surface area contributed by atoms with E-state index in [-0.39, 0.29) is 41.8 Å². The number of carbonyl (C=O) groups is 4. The predicted octanol–water partition coefficient (Wildman–Crippen LogP) is 4.47. The van der Waals surface area contributed by atoms with Crippen molar-refractivity contribution in [2.75, 3.05) is 26.7 Å². The Morgan fingerprint density at radius 1 is 1.12 bits per heavy atom. The van der Waals surface area contributed by atoms with E-state index in [0.29, 0.717) is 37.3 Å². The van der Waals surface area contributed by atoms with E-state index in [2.05, 4.69) is 15.5 Å². The number of rotatable bonds is 9. The Morgan fingerprint density at radius 2 is 1.79 bits per heavy atom. The van der Waals surface area contributed by atoms with Gasteiger partial charge >= 0.3 is 24.0 Å². The molecule has 2 aliphatic rings. The molecule has 2 heterocycles. The van der Waals surface area contributed by atoms with Crippen LogP contribution in [-0.4, -0.2) is 71.7 Å². The van der Waals surface area contributed by atoms with Gasteiger partial charge in [-0.25, -0.2) is 28.1 Å². The molecule has 2 atom stereocenters. The van der Waals surface area contributed by atoms with Crippen LogP contribution in [0.25, 0.3) is 0 Å². The Kier molecular flexibility index (Phi) is 9.80. The summed E-state index contributed by atoms with van der Waals surface area (Å²) in [6.45, 7) is 5.03. The van der Waals surface area contributed by atoms with Crippen LogP contribution in [0.1, 0.15) is 56.7 Å². The molecule has 2 aromatic rings. The number of hydrogen-bond donors (Lipinski definition) is 3. The highest BCUT2D eigenvalue weighted by molar-refractivity contribution is 6.01. The van der Waals surface area contributed by atoms with Crippen LogP contribution in [0.2, 0.25) is 0 Å². The van der Waals surface area contributed by atoms with Crippen LogP contribution in [0, 0.1) is 11.6 Å². The number of piperidine rings is 1. The second kappa shape index (κ2) is 13.3. The average molecular weight is 599 g/mol. The number of amides is 4. The first-order valence-electron chi connectivity index (χ1n) is 14.2. The molecular weight excluding hydrogens is 562 g/mol. The minimum Gasteiger partial charge on any atom is -0.478 e. The van der Waals surface area contributed by atoms with Crippen molar-refractivity contribution in [1.82, 2.24) is 20.4 Å². The molecule has 3 N–H and O–H groups in total. The highest BCUT2D eigenvalue weighted by atomic mass is 19.2. The van der Waals surface area contributed by atoms with E-state index in [4.69, 9.17) is 4.74 Å². The molecule has 1 unspecified atom stereocenters. The smallest absolute Gasteiger partial charge is 0.335 e. The molecule has 43 heavy (non-hydrogen) atoms. The Hall–Kier alpha value is -4.32. The lowest BCUT2D eigenvalue weighted by Crippen LogP contribution is -2.55. The molecule has 2 aromatic carbocycles. The number of carboxylic acid groups (broad SMARTS) is 1. The molecular formula is C31H36F2N4O6. The van der Waals surface area contributed by atoms with Crippen LogP contribution < -0.4 is 10.6 Å². The van der Waals surface area contributed by atoms with E-state index in [0.717, 1.165) is 23.8 Å². The van der Waals surface area contributed by atoms with Gasteiger partial charge in [-0.05, 0) is 69.0 Å². The number of likely N-dealkylation sites (tertiary alicyclic amines) is 1. The minimum absolute atomic E-state index is 0.00469. The van der Waals surface area contributed by atoms with Crippen molar-refractivity contribution in [3.8, 4) is 0 Å². The Morgan fingerprint density at radius 3 is 2.37 bits per heavy atom. The molecule has 12 heteroatoms. The number of nitrogens with one attached hydrogen (secondary N) is 2. The number of ether oxygens (including phenoxy) is 1. The van der Waals surface area contributed by atoms with Crippen molar-refractivity contribution < 1.29 is 37.8 Å². The molecule has 230 valence electrons. The third-order valence-electron chi connectivity index (χ3n) is 8.41. The maximum Gasteiger partial charge on any atom is 0.335 e. The number of nitrogens with zero attached hydrogens (tertiary/aromatic N) is 2. The van der Waals surface area contributed by atoms with E-state index in [1.807, 2.05) is 37.3 Å². The number of carboxylic acids is 1. The van der Waals surface area contributed by atoms with Crippen molar-refractivity contribution >= 4 is 24.0 Å². The van der Waals surface area contributed by atoms with Crippen LogP contribution in [0.15, 0.2) is 59.8 Å². The van der Waals surface area contributed by atoms with Gasteiger partial charge < -0.3 is 25.4 Å². The lowest BCUT2D eigenvalue weighted by Gasteiger charge is -2.42. The average Bonchev–Trinajstić information content (AvgIpc) is 3.01. The Balaban J connectivity index is 1.44. The van der Waals surface area contributed by atoms with Crippen molar-refractivity contribution in [2.45, 2.75) is 57.0 Å². The topological polar surface area (TPSA) is 128 Å². The number of aliphatic carboxylic acids is 1. The Bertz CT molecular complexity index is 1410. The number of hydrogen-bond acceptors (Lipinski definition) is 6. The summed E-state index contributed by atoms with van der Waals surface area (Å²) in [5, 5.41) is 15.1. The lowest BCUT2D eigenvalue weighted by atomic mass is 9.72. The molecule has 0 radical (unpaired) electrons. The van der Waals surface area contributed by atoms with Crippen LogP contribution in [-0.2, 0) is 19.7 Å². The monoisotopic (exact) mass is 598 g/mol. The number of halogens is 2. The Labute approximate surface area is 248 Å². The van der Waals surface area contributed by atoms with Gasteiger partial charge in [-0.15, -0.1) is 0 Å². The van der Waals surface area contributed by atoms with Crippen molar-refractivity contribution in [3.63, 3.8) is 0 Å². The summed E-state index contributed by atoms with van der Waals surface area (Å²) in [6.07, 6.45) is 1.76. The zero-order valence-corrected chi connectivity index (χ0v) is 24.4. The zero-order chi connectivity index (χ0) is 31.3. The molecule has 10 nitrogen and oxygen atoms in total. The lowest BCUT2D eigenvalue weighted by molar-refractivity contribution is -0.150. The van der Waals surface area contributed by atoms with E-state index < -0.39 is 41.1 Å². The first-order valence-corrected chi connectivity index (χ1v) is 14.2. The van der Waals surface area contributed by atoms with Crippen LogP contribution >= 0.6 is 0 Å². The summed E-state index contributed by atoms with van der Waals surface area (Å²) in [4.78, 5) is 54.3. The first kappa shape index (κ1) is 31.6. The summed E-state index contributed by atoms with van der Waals surface area (Å²) >= 11 is 0. The second-order valence-electron chi connectivity index (χ2n) is 10.8. The van der Waals surface area contributed by atoms with Gasteiger partial charge in [-0.1, -0.05) is 43.3 Å². The van der Waals surface area contributed by atoms with Crippen molar-refractivity contribution in [1.29, 1.82) is 0 Å². The first-order chi connectivity index (χ1) is 20.5. The molecule has 1 saturated heterocycles. The largest absolute Gasteiger partial charge is 0.478 e. The van der Waals surface area contributed by atoms with Crippen molar-refractivity contribution in [2.24, 2.45) is 0 Å². The number of carbonyl (C=O) groups excluding carboxylic acids is 3. The van der Waals surface area contributed by atoms with E-state index in [1.54, 1.807) is 6.92 Å². The molecule has 0 spiro atoms. The minimum atomic E-state index is -1.47. The SMILES string of the molecule is CCC1=C(C(=O)O)C(c2ccc(F)c(F)c2)N(C(=O)NCC[C@@H](C)N2CCC(C(=O)OC)(c3ccccc3)CC2)C(=O)N1. The van der Waals surface area contributed by atoms with Gasteiger partial charge in [0.1, 0.15) is 6.04 Å². The van der Waals surface area contributed by atoms with E-state index in [9.17, 15) is 33.1 Å². The van der Waals surface area contributed by atoms with E-state index in [1.165, 1.54) is 7.11 Å². The fourth-order valence-corrected chi connectivity index (χ4v) is 5.97. The quantitative estimate of drug-likeness (QED) is 0.363. The summed E-state index contributed by atoms with van der Waals surface area (Å²) in [6, 6.07) is 9.11. The number of urea groups is 2. The predicted molar refractivity (Wildman–Crippen MR) is 153 cm³/mol. The van der Waals surface area contributed by atoms with E-state index >= 15 is 0 Å². The maximum absolute atomic E-state index is 14.2.